The van der Waals surface area contributed by atoms with Gasteiger partial charge in [0.2, 0.25) is 12.0 Å². The molecule has 98 valence electrons. The number of rotatable bonds is 5. The summed E-state index contributed by atoms with van der Waals surface area (Å²) >= 11 is 0. The molecule has 7 nitrogen and oxygen atoms in total. The van der Waals surface area contributed by atoms with Gasteiger partial charge in [0, 0.05) is 10.7 Å². The van der Waals surface area contributed by atoms with Gasteiger partial charge >= 0.3 is 0 Å². The minimum absolute atomic E-state index is 0.0568. The molecule has 1 aromatic rings. The van der Waals surface area contributed by atoms with Crippen molar-refractivity contribution >= 4 is 12.2 Å². The van der Waals surface area contributed by atoms with Crippen LogP contribution in [0.2, 0.25) is 0 Å². The molecule has 0 saturated carbocycles. The van der Waals surface area contributed by atoms with E-state index in [2.05, 4.69) is 10.2 Å². The van der Waals surface area contributed by atoms with Crippen LogP contribution in [0.25, 0.3) is 0 Å². The molecule has 0 amide bonds. The maximum absolute atomic E-state index is 5.21. The van der Waals surface area contributed by atoms with Crippen molar-refractivity contribution in [3.63, 3.8) is 0 Å². The lowest BCUT2D eigenvalue weighted by atomic mass is 10.2. The number of benzene rings is 1. The summed E-state index contributed by atoms with van der Waals surface area (Å²) in [5.74, 6) is 1.57. The Hall–Kier alpha value is -2.44. The molecule has 0 aliphatic carbocycles. The predicted molar refractivity (Wildman–Crippen MR) is 68.0 cm³/mol. The van der Waals surface area contributed by atoms with Gasteiger partial charge in [-0.05, 0) is 12.1 Å². The number of nitrogens with two attached hydrogens (primary N) is 2. The third-order valence-electron chi connectivity index (χ3n) is 2.11. The van der Waals surface area contributed by atoms with Crippen LogP contribution in [0.1, 0.15) is 5.56 Å². The fourth-order valence-electron chi connectivity index (χ4n) is 1.37. The quantitative estimate of drug-likeness (QED) is 0.333. The molecular weight excluding hydrogens is 236 g/mol. The van der Waals surface area contributed by atoms with Crippen molar-refractivity contribution in [2.24, 2.45) is 16.6 Å². The molecule has 0 saturated heterocycles. The molecule has 0 aliphatic rings. The van der Waals surface area contributed by atoms with Crippen LogP contribution in [-0.2, 0) is 0 Å². The van der Waals surface area contributed by atoms with Gasteiger partial charge in [-0.1, -0.05) is 0 Å². The fraction of sp³-hybridized carbons (Fsp3) is 0.273. The summed E-state index contributed by atoms with van der Waals surface area (Å²) in [5.41, 5.74) is 11.2. The van der Waals surface area contributed by atoms with Gasteiger partial charge in [-0.3, -0.25) is 0 Å². The molecule has 0 atom stereocenters. The van der Waals surface area contributed by atoms with Gasteiger partial charge in [0.25, 0.3) is 5.96 Å². The lowest BCUT2D eigenvalue weighted by molar-refractivity contribution is -0.456. The third-order valence-corrected chi connectivity index (χ3v) is 2.11. The van der Waals surface area contributed by atoms with E-state index < -0.39 is 0 Å². The molecule has 0 aliphatic heterocycles. The number of hydrazone groups is 1. The summed E-state index contributed by atoms with van der Waals surface area (Å²) in [6.07, 6.45) is 1.60. The van der Waals surface area contributed by atoms with Crippen LogP contribution in [0, 0.1) is 0 Å². The van der Waals surface area contributed by atoms with Crippen molar-refractivity contribution in [2.45, 2.75) is 0 Å². The number of nitrogens with one attached hydrogen (secondary N) is 1. The topological polar surface area (TPSA) is 106 Å². The second kappa shape index (κ2) is 6.33. The number of hydrogen-bond acceptors (Lipinski definition) is 4. The highest BCUT2D eigenvalue weighted by Crippen LogP contribution is 2.37. The van der Waals surface area contributed by atoms with Crippen molar-refractivity contribution < 1.29 is 19.3 Å². The van der Waals surface area contributed by atoms with E-state index in [1.54, 1.807) is 39.7 Å². The first-order valence-corrected chi connectivity index (χ1v) is 5.09. The highest BCUT2D eigenvalue weighted by molar-refractivity contribution is 5.79. The Balaban J connectivity index is 3.15. The average Bonchev–Trinajstić information content (AvgIpc) is 2.36. The van der Waals surface area contributed by atoms with E-state index in [0.29, 0.717) is 17.2 Å². The van der Waals surface area contributed by atoms with E-state index in [1.807, 2.05) is 0 Å². The van der Waals surface area contributed by atoms with Gasteiger partial charge < -0.3 is 25.7 Å². The van der Waals surface area contributed by atoms with Crippen LogP contribution >= 0.6 is 0 Å². The first-order valence-electron chi connectivity index (χ1n) is 5.09. The molecule has 0 spiro atoms. The Morgan fingerprint density at radius 1 is 1.11 bits per heavy atom. The minimum Gasteiger partial charge on any atom is -0.493 e. The molecule has 18 heavy (non-hydrogen) atoms. The largest absolute Gasteiger partial charge is 0.493 e. The normalized spacial score (nSPS) is 10.2. The standard InChI is InChI=1S/C11H16N4O3/c1-16-8-4-7(6-14-15-11(12)13)5-9(17-2)10(8)18-3/h4-6H,1-3H3,(H4,12,13,15)/p+1. The Bertz CT molecular complexity index is 442. The lowest BCUT2D eigenvalue weighted by Crippen LogP contribution is -2.63. The summed E-state index contributed by atoms with van der Waals surface area (Å²) in [5, 5.41) is 6.23. The van der Waals surface area contributed by atoms with Crippen molar-refractivity contribution in [1.29, 1.82) is 0 Å². The highest BCUT2D eigenvalue weighted by atomic mass is 16.5. The molecule has 0 heterocycles. The molecule has 0 radical (unpaired) electrons. The monoisotopic (exact) mass is 253 g/mol. The Labute approximate surface area is 105 Å². The van der Waals surface area contributed by atoms with Gasteiger partial charge in [0.15, 0.2) is 11.5 Å². The van der Waals surface area contributed by atoms with Crippen LogP contribution in [-0.4, -0.2) is 33.5 Å². The zero-order valence-electron chi connectivity index (χ0n) is 10.6. The first kappa shape index (κ1) is 13.6. The molecule has 0 aromatic heterocycles. The molecule has 7 heteroatoms. The van der Waals surface area contributed by atoms with Gasteiger partial charge in [0.1, 0.15) is 0 Å². The van der Waals surface area contributed by atoms with Crippen LogP contribution in [0.5, 0.6) is 17.2 Å². The molecular formula is C11H17N4O3+. The number of ether oxygens (including phenoxy) is 3. The van der Waals surface area contributed by atoms with E-state index in [1.165, 1.54) is 0 Å². The van der Waals surface area contributed by atoms with Crippen LogP contribution in [0.3, 0.4) is 0 Å². The van der Waals surface area contributed by atoms with E-state index in [4.69, 9.17) is 25.7 Å². The second-order valence-electron chi connectivity index (χ2n) is 3.27. The number of hydrogen-bond donors (Lipinski definition) is 3. The lowest BCUT2D eigenvalue weighted by Gasteiger charge is -2.11. The van der Waals surface area contributed by atoms with E-state index in [-0.39, 0.29) is 5.96 Å². The molecule has 0 bridgehead atoms. The minimum atomic E-state index is -0.0568. The van der Waals surface area contributed by atoms with Crippen LogP contribution in [0.15, 0.2) is 17.2 Å². The van der Waals surface area contributed by atoms with E-state index in [0.717, 1.165) is 5.56 Å². The molecule has 0 unspecified atom stereocenters. The smallest absolute Gasteiger partial charge is 0.256 e. The molecule has 1 rings (SSSR count). The SMILES string of the molecule is COc1cc(C=[NH+]N=C(N)N)cc(OC)c1OC. The maximum Gasteiger partial charge on any atom is 0.256 e. The van der Waals surface area contributed by atoms with Gasteiger partial charge in [-0.25, -0.2) is 0 Å². The summed E-state index contributed by atoms with van der Waals surface area (Å²) in [6, 6.07) is 3.52. The van der Waals surface area contributed by atoms with Crippen LogP contribution in [0.4, 0.5) is 0 Å². The van der Waals surface area contributed by atoms with Gasteiger partial charge in [0.05, 0.1) is 21.3 Å². The number of guanidine groups is 1. The Kier molecular flexibility index (Phi) is 4.79. The predicted octanol–water partition coefficient (Wildman–Crippen LogP) is -1.60. The highest BCUT2D eigenvalue weighted by Gasteiger charge is 2.13. The van der Waals surface area contributed by atoms with E-state index in [9.17, 15) is 0 Å². The van der Waals surface area contributed by atoms with Crippen molar-refractivity contribution in [3.05, 3.63) is 17.7 Å². The van der Waals surface area contributed by atoms with E-state index >= 15 is 0 Å². The first-order chi connectivity index (χ1) is 8.62. The Morgan fingerprint density at radius 2 is 1.67 bits per heavy atom. The van der Waals surface area contributed by atoms with Gasteiger partial charge in [-0.15, -0.1) is 5.10 Å². The molecule has 0 fully saturated rings. The van der Waals surface area contributed by atoms with Crippen LogP contribution < -0.4 is 30.8 Å². The Morgan fingerprint density at radius 3 is 2.06 bits per heavy atom. The average molecular weight is 253 g/mol. The summed E-state index contributed by atoms with van der Waals surface area (Å²) in [4.78, 5) is 0. The molecule has 5 N–H and O–H groups in total. The number of nitrogens with zero attached hydrogens (tertiary/aromatic N) is 1. The zero-order chi connectivity index (χ0) is 13.5. The maximum atomic E-state index is 5.21. The number of methoxy groups -OCH3 is 3. The van der Waals surface area contributed by atoms with Crippen molar-refractivity contribution in [3.8, 4) is 17.2 Å². The van der Waals surface area contributed by atoms with Crippen molar-refractivity contribution in [2.75, 3.05) is 21.3 Å². The zero-order valence-corrected chi connectivity index (χ0v) is 10.6. The summed E-state index contributed by atoms with van der Waals surface area (Å²) in [6.45, 7) is 0. The second-order valence-corrected chi connectivity index (χ2v) is 3.27. The van der Waals surface area contributed by atoms with Crippen molar-refractivity contribution in [1.82, 2.24) is 0 Å². The molecule has 1 aromatic carbocycles. The summed E-state index contributed by atoms with van der Waals surface area (Å²) < 4.78 is 15.6. The summed E-state index contributed by atoms with van der Waals surface area (Å²) in [7, 11) is 4.64. The van der Waals surface area contributed by atoms with Gasteiger partial charge in [-0.2, -0.15) is 0 Å². The fourth-order valence-corrected chi connectivity index (χ4v) is 1.37. The third kappa shape index (κ3) is 3.27.